The van der Waals surface area contributed by atoms with Crippen molar-refractivity contribution in [1.82, 2.24) is 5.32 Å². The molecule has 0 aromatic carbocycles. The number of rotatable bonds is 6. The summed E-state index contributed by atoms with van der Waals surface area (Å²) in [5.74, 6) is -0.678. The number of alkyl carbamates (subject to hydrolysis) is 1. The molecular formula is C9H17NO5. The first-order valence-electron chi connectivity index (χ1n) is 4.87. The van der Waals surface area contributed by atoms with Crippen molar-refractivity contribution in [3.63, 3.8) is 0 Å². The smallest absolute Gasteiger partial charge is 0.407 e. The van der Waals surface area contributed by atoms with Crippen molar-refractivity contribution in [2.75, 3.05) is 19.8 Å². The highest BCUT2D eigenvalue weighted by Gasteiger charge is 2.15. The second kappa shape index (κ2) is 8.05. The fraction of sp³-hybridized carbons (Fsp3) is 0.778. The number of carbonyl (C=O) groups excluding carboxylic acids is 2. The first-order chi connectivity index (χ1) is 7.11. The molecule has 0 rings (SSSR count). The second-order valence-corrected chi connectivity index (χ2v) is 2.70. The van der Waals surface area contributed by atoms with Gasteiger partial charge in [-0.25, -0.2) is 9.59 Å². The Bertz CT molecular complexity index is 207. The van der Waals surface area contributed by atoms with Gasteiger partial charge in [0.1, 0.15) is 0 Å². The summed E-state index contributed by atoms with van der Waals surface area (Å²) in [6.07, 6.45) is -1.65. The van der Waals surface area contributed by atoms with Crippen LogP contribution in [0.25, 0.3) is 0 Å². The summed E-state index contributed by atoms with van der Waals surface area (Å²) in [7, 11) is 0. The van der Waals surface area contributed by atoms with Gasteiger partial charge in [0.15, 0.2) is 6.10 Å². The van der Waals surface area contributed by atoms with Crippen LogP contribution < -0.4 is 5.32 Å². The van der Waals surface area contributed by atoms with Gasteiger partial charge in [-0.05, 0) is 13.8 Å². The molecule has 6 heteroatoms. The molecule has 6 nitrogen and oxygen atoms in total. The lowest BCUT2D eigenvalue weighted by Gasteiger charge is -2.09. The van der Waals surface area contributed by atoms with E-state index in [0.29, 0.717) is 0 Å². The van der Waals surface area contributed by atoms with Crippen LogP contribution in [-0.2, 0) is 14.3 Å². The van der Waals surface area contributed by atoms with E-state index in [0.717, 1.165) is 0 Å². The molecule has 15 heavy (non-hydrogen) atoms. The van der Waals surface area contributed by atoms with Crippen LogP contribution in [-0.4, -0.2) is 43.0 Å². The van der Waals surface area contributed by atoms with Crippen molar-refractivity contribution in [2.24, 2.45) is 0 Å². The fourth-order valence-electron chi connectivity index (χ4n) is 0.849. The minimum Gasteiger partial charge on any atom is -0.464 e. The van der Waals surface area contributed by atoms with Gasteiger partial charge in [-0.2, -0.15) is 0 Å². The highest BCUT2D eigenvalue weighted by molar-refractivity contribution is 5.74. The van der Waals surface area contributed by atoms with Gasteiger partial charge in [0.25, 0.3) is 0 Å². The van der Waals surface area contributed by atoms with E-state index in [9.17, 15) is 14.7 Å². The van der Waals surface area contributed by atoms with Crippen LogP contribution in [0.1, 0.15) is 20.3 Å². The Morgan fingerprint density at radius 3 is 2.40 bits per heavy atom. The quantitative estimate of drug-likeness (QED) is 0.616. The van der Waals surface area contributed by atoms with Gasteiger partial charge in [-0.1, -0.05) is 0 Å². The Morgan fingerprint density at radius 2 is 1.87 bits per heavy atom. The number of hydrogen-bond donors (Lipinski definition) is 2. The van der Waals surface area contributed by atoms with E-state index >= 15 is 0 Å². The summed E-state index contributed by atoms with van der Waals surface area (Å²) in [6, 6.07) is 0. The van der Waals surface area contributed by atoms with Gasteiger partial charge >= 0.3 is 12.1 Å². The number of carbonyl (C=O) groups is 2. The number of nitrogens with one attached hydrogen (secondary N) is 1. The largest absolute Gasteiger partial charge is 0.464 e. The molecule has 2 N–H and O–H groups in total. The van der Waals surface area contributed by atoms with Crippen LogP contribution in [0.5, 0.6) is 0 Å². The predicted molar refractivity (Wildman–Crippen MR) is 52.3 cm³/mol. The molecule has 1 atom stereocenters. The summed E-state index contributed by atoms with van der Waals surface area (Å²) >= 11 is 0. The molecule has 0 fully saturated rings. The van der Waals surface area contributed by atoms with Crippen LogP contribution >= 0.6 is 0 Å². The summed E-state index contributed by atoms with van der Waals surface area (Å²) in [5, 5.41) is 11.6. The molecule has 0 radical (unpaired) electrons. The van der Waals surface area contributed by atoms with Crippen LogP contribution in [0.3, 0.4) is 0 Å². The lowest BCUT2D eigenvalue weighted by Crippen LogP contribution is -2.31. The average Bonchev–Trinajstić information content (AvgIpc) is 2.18. The molecule has 0 unspecified atom stereocenters. The average molecular weight is 219 g/mol. The van der Waals surface area contributed by atoms with E-state index in [2.05, 4.69) is 14.8 Å². The maximum Gasteiger partial charge on any atom is 0.407 e. The molecule has 0 saturated heterocycles. The summed E-state index contributed by atoms with van der Waals surface area (Å²) in [5.41, 5.74) is 0. The topological polar surface area (TPSA) is 84.9 Å². The van der Waals surface area contributed by atoms with Gasteiger partial charge < -0.3 is 19.9 Å². The molecule has 0 aliphatic heterocycles. The van der Waals surface area contributed by atoms with Gasteiger partial charge in [-0.15, -0.1) is 0 Å². The molecule has 0 aromatic rings. The molecule has 0 heterocycles. The fourth-order valence-corrected chi connectivity index (χ4v) is 0.849. The molecule has 0 saturated carbocycles. The highest BCUT2D eigenvalue weighted by atomic mass is 16.6. The zero-order chi connectivity index (χ0) is 11.7. The maximum atomic E-state index is 10.9. The van der Waals surface area contributed by atoms with Gasteiger partial charge in [0, 0.05) is 13.0 Å². The number of aliphatic hydroxyl groups is 1. The number of amides is 1. The molecule has 0 spiro atoms. The molecular weight excluding hydrogens is 202 g/mol. The highest BCUT2D eigenvalue weighted by Crippen LogP contribution is 1.94. The van der Waals surface area contributed by atoms with Crippen molar-refractivity contribution in [3.05, 3.63) is 0 Å². The van der Waals surface area contributed by atoms with E-state index in [4.69, 9.17) is 0 Å². The van der Waals surface area contributed by atoms with E-state index < -0.39 is 18.2 Å². The van der Waals surface area contributed by atoms with Gasteiger partial charge in [0.2, 0.25) is 0 Å². The predicted octanol–water partition coefficient (Wildman–Crippen LogP) is 0.0466. The molecule has 0 aliphatic carbocycles. The van der Waals surface area contributed by atoms with Crippen molar-refractivity contribution in [3.8, 4) is 0 Å². The lowest BCUT2D eigenvalue weighted by atomic mass is 10.2. The Labute approximate surface area is 88.6 Å². The van der Waals surface area contributed by atoms with E-state index in [1.54, 1.807) is 13.8 Å². The number of aliphatic hydroxyl groups excluding tert-OH is 1. The Hall–Kier alpha value is -1.30. The van der Waals surface area contributed by atoms with Crippen molar-refractivity contribution < 1.29 is 24.2 Å². The monoisotopic (exact) mass is 219 g/mol. The van der Waals surface area contributed by atoms with Gasteiger partial charge in [0.05, 0.1) is 13.2 Å². The minimum atomic E-state index is -1.20. The summed E-state index contributed by atoms with van der Waals surface area (Å²) in [6.45, 7) is 4.01. The minimum absolute atomic E-state index is 0.109. The molecule has 0 bridgehead atoms. The standard InChI is InChI=1S/C9H17NO5/c1-3-14-8(12)7(11)5-6-10-9(13)15-4-2/h7,11H,3-6H2,1-2H3,(H,10,13)/t7-/m0/s1. The molecule has 1 amide bonds. The molecule has 88 valence electrons. The summed E-state index contributed by atoms with van der Waals surface area (Å²) in [4.78, 5) is 21.7. The molecule has 0 aromatic heterocycles. The zero-order valence-corrected chi connectivity index (χ0v) is 8.99. The van der Waals surface area contributed by atoms with Gasteiger partial charge in [-0.3, -0.25) is 0 Å². The Kier molecular flexibility index (Phi) is 7.35. The lowest BCUT2D eigenvalue weighted by molar-refractivity contribution is -0.153. The normalized spacial score (nSPS) is 11.7. The van der Waals surface area contributed by atoms with Crippen molar-refractivity contribution in [1.29, 1.82) is 0 Å². The third-order valence-corrected chi connectivity index (χ3v) is 1.52. The SMILES string of the molecule is CCOC(=O)NCC[C@H](O)C(=O)OCC. The number of ether oxygens (including phenoxy) is 2. The van der Waals surface area contributed by atoms with Crippen LogP contribution in [0.4, 0.5) is 4.79 Å². The Morgan fingerprint density at radius 1 is 1.27 bits per heavy atom. The van der Waals surface area contributed by atoms with Crippen LogP contribution in [0.2, 0.25) is 0 Å². The zero-order valence-electron chi connectivity index (χ0n) is 8.99. The third kappa shape index (κ3) is 6.73. The Balaban J connectivity index is 3.58. The second-order valence-electron chi connectivity index (χ2n) is 2.70. The summed E-state index contributed by atoms with van der Waals surface area (Å²) < 4.78 is 9.16. The van der Waals surface area contributed by atoms with Crippen molar-refractivity contribution in [2.45, 2.75) is 26.4 Å². The van der Waals surface area contributed by atoms with E-state index in [1.807, 2.05) is 0 Å². The first-order valence-corrected chi connectivity index (χ1v) is 4.87. The molecule has 0 aliphatic rings. The number of hydrogen-bond acceptors (Lipinski definition) is 5. The van der Waals surface area contributed by atoms with Crippen molar-refractivity contribution >= 4 is 12.1 Å². The first kappa shape index (κ1) is 13.7. The van der Waals surface area contributed by atoms with Crippen LogP contribution in [0, 0.1) is 0 Å². The number of esters is 1. The van der Waals surface area contributed by atoms with E-state index in [-0.39, 0.29) is 26.2 Å². The third-order valence-electron chi connectivity index (χ3n) is 1.52. The maximum absolute atomic E-state index is 10.9. The van der Waals surface area contributed by atoms with E-state index in [1.165, 1.54) is 0 Å². The van der Waals surface area contributed by atoms with Crippen LogP contribution in [0.15, 0.2) is 0 Å².